The van der Waals surface area contributed by atoms with E-state index >= 15 is 0 Å². The molecule has 1 aliphatic rings. The number of hydrogen-bond donors (Lipinski definition) is 0. The largest absolute Gasteiger partial charge is 0.496 e. The minimum absolute atomic E-state index is 0.131. The third kappa shape index (κ3) is 5.17. The van der Waals surface area contributed by atoms with Crippen molar-refractivity contribution in [2.75, 3.05) is 39.8 Å². The summed E-state index contributed by atoms with van der Waals surface area (Å²) in [4.78, 5) is 28.9. The van der Waals surface area contributed by atoms with Gasteiger partial charge in [-0.05, 0) is 18.1 Å². The van der Waals surface area contributed by atoms with Gasteiger partial charge in [-0.1, -0.05) is 48.5 Å². The van der Waals surface area contributed by atoms with Gasteiger partial charge >= 0.3 is 0 Å². The molecule has 1 saturated heterocycles. The quantitative estimate of drug-likeness (QED) is 0.707. The second-order valence-corrected chi connectivity index (χ2v) is 6.76. The molecule has 0 spiro atoms. The van der Waals surface area contributed by atoms with Crippen LogP contribution in [-0.2, 0) is 11.2 Å². The highest BCUT2D eigenvalue weighted by atomic mass is 16.5. The fourth-order valence-corrected chi connectivity index (χ4v) is 3.38. The Bertz CT molecular complexity index is 768. The fourth-order valence-electron chi connectivity index (χ4n) is 3.38. The molecular formula is C22H26N2O3. The maximum absolute atomic E-state index is 12.5. The van der Waals surface area contributed by atoms with Crippen LogP contribution in [-0.4, -0.2) is 61.3 Å². The number of carbonyl (C=O) groups is 2. The van der Waals surface area contributed by atoms with Crippen LogP contribution in [0, 0.1) is 0 Å². The van der Waals surface area contributed by atoms with E-state index in [9.17, 15) is 9.59 Å². The summed E-state index contributed by atoms with van der Waals surface area (Å²) < 4.78 is 5.35. The van der Waals surface area contributed by atoms with Gasteiger partial charge in [-0.25, -0.2) is 0 Å². The van der Waals surface area contributed by atoms with Crippen molar-refractivity contribution in [2.24, 2.45) is 0 Å². The molecule has 1 amide bonds. The van der Waals surface area contributed by atoms with E-state index in [-0.39, 0.29) is 11.7 Å². The number of ketones is 1. The Morgan fingerprint density at radius 3 is 2.30 bits per heavy atom. The summed E-state index contributed by atoms with van der Waals surface area (Å²) in [5.74, 6) is 1.12. The predicted octanol–water partition coefficient (Wildman–Crippen LogP) is 2.65. The summed E-state index contributed by atoms with van der Waals surface area (Å²) in [5, 5.41) is 0. The zero-order valence-corrected chi connectivity index (χ0v) is 15.8. The van der Waals surface area contributed by atoms with Crippen LogP contribution in [0.3, 0.4) is 0 Å². The van der Waals surface area contributed by atoms with E-state index in [4.69, 9.17) is 4.74 Å². The van der Waals surface area contributed by atoms with Crippen molar-refractivity contribution in [1.82, 2.24) is 9.80 Å². The summed E-state index contributed by atoms with van der Waals surface area (Å²) in [6, 6.07) is 17.2. The number of piperazine rings is 1. The minimum atomic E-state index is 0.131. The van der Waals surface area contributed by atoms with E-state index in [0.717, 1.165) is 30.0 Å². The molecule has 1 fully saturated rings. The minimum Gasteiger partial charge on any atom is -0.496 e. The molecule has 5 nitrogen and oxygen atoms in total. The fraction of sp³-hybridized carbons (Fsp3) is 0.364. The highest BCUT2D eigenvalue weighted by molar-refractivity contribution is 5.97. The van der Waals surface area contributed by atoms with E-state index < -0.39 is 0 Å². The van der Waals surface area contributed by atoms with Gasteiger partial charge in [0.1, 0.15) is 5.75 Å². The molecular weight excluding hydrogens is 340 g/mol. The number of para-hydroxylation sites is 1. The van der Waals surface area contributed by atoms with Gasteiger partial charge in [0, 0.05) is 38.2 Å². The highest BCUT2D eigenvalue weighted by Gasteiger charge is 2.22. The molecule has 142 valence electrons. The van der Waals surface area contributed by atoms with E-state index in [1.807, 2.05) is 59.5 Å². The van der Waals surface area contributed by atoms with Gasteiger partial charge in [-0.2, -0.15) is 0 Å². The Kier molecular flexibility index (Phi) is 6.60. The molecule has 0 atom stereocenters. The van der Waals surface area contributed by atoms with Crippen LogP contribution in [0.2, 0.25) is 0 Å². The molecule has 1 aliphatic heterocycles. The molecule has 0 bridgehead atoms. The van der Waals surface area contributed by atoms with Gasteiger partial charge in [0.25, 0.3) is 0 Å². The SMILES string of the molecule is COc1ccccc1CCC(=O)N1CCN(CC(=O)c2ccccc2)CC1. The van der Waals surface area contributed by atoms with Crippen molar-refractivity contribution in [3.05, 3.63) is 65.7 Å². The number of carbonyl (C=O) groups excluding carboxylic acids is 2. The van der Waals surface area contributed by atoms with E-state index in [0.29, 0.717) is 32.5 Å². The summed E-state index contributed by atoms with van der Waals surface area (Å²) in [6.45, 7) is 3.23. The van der Waals surface area contributed by atoms with Crippen molar-refractivity contribution in [2.45, 2.75) is 12.8 Å². The van der Waals surface area contributed by atoms with E-state index in [1.54, 1.807) is 7.11 Å². The molecule has 0 aliphatic carbocycles. The van der Waals surface area contributed by atoms with Crippen LogP contribution in [0.25, 0.3) is 0 Å². The number of amides is 1. The molecule has 27 heavy (non-hydrogen) atoms. The Labute approximate surface area is 160 Å². The normalized spacial score (nSPS) is 14.8. The van der Waals surface area contributed by atoms with Crippen molar-refractivity contribution >= 4 is 11.7 Å². The molecule has 2 aromatic rings. The van der Waals surface area contributed by atoms with Crippen LogP contribution in [0.1, 0.15) is 22.3 Å². The Morgan fingerprint density at radius 2 is 1.59 bits per heavy atom. The Hall–Kier alpha value is -2.66. The first-order chi connectivity index (χ1) is 13.2. The smallest absolute Gasteiger partial charge is 0.222 e. The van der Waals surface area contributed by atoms with Crippen molar-refractivity contribution in [3.63, 3.8) is 0 Å². The van der Waals surface area contributed by atoms with E-state index in [1.165, 1.54) is 0 Å². The van der Waals surface area contributed by atoms with Crippen LogP contribution in [0.15, 0.2) is 54.6 Å². The van der Waals surface area contributed by atoms with Gasteiger partial charge < -0.3 is 9.64 Å². The van der Waals surface area contributed by atoms with Gasteiger partial charge in [0.2, 0.25) is 5.91 Å². The van der Waals surface area contributed by atoms with Crippen LogP contribution < -0.4 is 4.74 Å². The number of nitrogens with zero attached hydrogens (tertiary/aromatic N) is 2. The van der Waals surface area contributed by atoms with E-state index in [2.05, 4.69) is 4.90 Å². The number of rotatable bonds is 7. The van der Waals surface area contributed by atoms with Crippen molar-refractivity contribution < 1.29 is 14.3 Å². The van der Waals surface area contributed by atoms with Crippen molar-refractivity contribution in [1.29, 1.82) is 0 Å². The first-order valence-corrected chi connectivity index (χ1v) is 9.37. The second-order valence-electron chi connectivity index (χ2n) is 6.76. The molecule has 0 N–H and O–H groups in total. The van der Waals surface area contributed by atoms with Gasteiger partial charge in [-0.15, -0.1) is 0 Å². The molecule has 0 aromatic heterocycles. The van der Waals surface area contributed by atoms with Crippen LogP contribution in [0.4, 0.5) is 0 Å². The summed E-state index contributed by atoms with van der Waals surface area (Å²) in [7, 11) is 1.65. The van der Waals surface area contributed by atoms with Crippen molar-refractivity contribution in [3.8, 4) is 5.75 Å². The molecule has 3 rings (SSSR count). The monoisotopic (exact) mass is 366 g/mol. The Morgan fingerprint density at radius 1 is 0.926 bits per heavy atom. The van der Waals surface area contributed by atoms with Crippen LogP contribution >= 0.6 is 0 Å². The summed E-state index contributed by atoms with van der Waals surface area (Å²) in [6.07, 6.45) is 1.15. The average Bonchev–Trinajstić information content (AvgIpc) is 2.73. The number of methoxy groups -OCH3 is 1. The summed E-state index contributed by atoms with van der Waals surface area (Å²) >= 11 is 0. The van der Waals surface area contributed by atoms with Gasteiger partial charge in [-0.3, -0.25) is 14.5 Å². The predicted molar refractivity (Wildman–Crippen MR) is 105 cm³/mol. The standard InChI is InChI=1S/C22H26N2O3/c1-27-21-10-6-5-9-19(21)11-12-22(26)24-15-13-23(14-16-24)17-20(25)18-7-3-2-4-8-18/h2-10H,11-17H2,1H3. The lowest BCUT2D eigenvalue weighted by molar-refractivity contribution is -0.132. The second kappa shape index (κ2) is 9.33. The molecule has 0 unspecified atom stereocenters. The third-order valence-electron chi connectivity index (χ3n) is 4.99. The zero-order valence-electron chi connectivity index (χ0n) is 15.8. The number of ether oxygens (including phenoxy) is 1. The molecule has 0 radical (unpaired) electrons. The Balaban J connectivity index is 1.44. The molecule has 5 heteroatoms. The maximum atomic E-state index is 12.5. The number of Topliss-reactive ketones (excluding diaryl/α,β-unsaturated/α-hetero) is 1. The maximum Gasteiger partial charge on any atom is 0.222 e. The summed E-state index contributed by atoms with van der Waals surface area (Å²) in [5.41, 5.74) is 1.80. The van der Waals surface area contributed by atoms with Gasteiger partial charge in [0.15, 0.2) is 5.78 Å². The highest BCUT2D eigenvalue weighted by Crippen LogP contribution is 2.19. The first kappa shape index (κ1) is 19.1. The zero-order chi connectivity index (χ0) is 19.1. The van der Waals surface area contributed by atoms with Crippen LogP contribution in [0.5, 0.6) is 5.75 Å². The number of benzene rings is 2. The number of aryl methyl sites for hydroxylation is 1. The lowest BCUT2D eigenvalue weighted by atomic mass is 10.1. The first-order valence-electron chi connectivity index (χ1n) is 9.37. The topological polar surface area (TPSA) is 49.9 Å². The third-order valence-corrected chi connectivity index (χ3v) is 4.99. The lowest BCUT2D eigenvalue weighted by Gasteiger charge is -2.34. The molecule has 0 saturated carbocycles. The lowest BCUT2D eigenvalue weighted by Crippen LogP contribution is -2.49. The molecule has 2 aromatic carbocycles. The van der Waals surface area contributed by atoms with Gasteiger partial charge in [0.05, 0.1) is 13.7 Å². The average molecular weight is 366 g/mol. The molecule has 1 heterocycles. The number of hydrogen-bond acceptors (Lipinski definition) is 4.